The highest BCUT2D eigenvalue weighted by molar-refractivity contribution is 5.78. The van der Waals surface area contributed by atoms with Crippen molar-refractivity contribution in [3.63, 3.8) is 0 Å². The number of ether oxygens (including phenoxy) is 1. The second-order valence-electron chi connectivity index (χ2n) is 3.43. The lowest BCUT2D eigenvalue weighted by molar-refractivity contribution is -0.149. The van der Waals surface area contributed by atoms with Crippen LogP contribution in [-0.2, 0) is 9.53 Å². The zero-order valence-corrected chi connectivity index (χ0v) is 9.19. The van der Waals surface area contributed by atoms with Gasteiger partial charge in [0, 0.05) is 0 Å². The number of unbranched alkanes of at least 4 members (excludes halogenated alkanes) is 2. The highest BCUT2D eigenvalue weighted by Crippen LogP contribution is 2.08. The minimum Gasteiger partial charge on any atom is -0.461 e. The predicted molar refractivity (Wildman–Crippen MR) is 54.4 cm³/mol. The number of carbonyl (C=O) groups excluding carboxylic acids is 1. The van der Waals surface area contributed by atoms with E-state index in [0.717, 1.165) is 25.7 Å². The van der Waals surface area contributed by atoms with Crippen LogP contribution in [0.25, 0.3) is 0 Å². The van der Waals surface area contributed by atoms with Crippen molar-refractivity contribution in [1.82, 2.24) is 0 Å². The molecule has 0 aromatic carbocycles. The van der Waals surface area contributed by atoms with Gasteiger partial charge in [0.25, 0.3) is 0 Å². The molecule has 1 atom stereocenters. The molecule has 0 aliphatic carbocycles. The van der Waals surface area contributed by atoms with E-state index in [0.29, 0.717) is 0 Å². The van der Waals surface area contributed by atoms with Crippen molar-refractivity contribution in [2.45, 2.75) is 45.6 Å². The number of rotatable bonds is 6. The Morgan fingerprint density at radius 2 is 1.93 bits per heavy atom. The Labute approximate surface area is 90.4 Å². The van der Waals surface area contributed by atoms with Gasteiger partial charge in [-0.3, -0.25) is 0 Å². The molecule has 4 nitrogen and oxygen atoms in total. The fourth-order valence-electron chi connectivity index (χ4n) is 1.14. The molecule has 0 aliphatic rings. The lowest BCUT2D eigenvalue weighted by Gasteiger charge is -2.12. The summed E-state index contributed by atoms with van der Waals surface area (Å²) in [7, 11) is 0. The second kappa shape index (κ2) is 7.82. The van der Waals surface area contributed by atoms with Crippen LogP contribution in [0.4, 0.5) is 0 Å². The third-order valence-corrected chi connectivity index (χ3v) is 2.03. The van der Waals surface area contributed by atoms with E-state index in [1.165, 1.54) is 0 Å². The summed E-state index contributed by atoms with van der Waals surface area (Å²) in [5.74, 6) is -2.03. The Morgan fingerprint density at radius 1 is 1.33 bits per heavy atom. The van der Waals surface area contributed by atoms with Crippen LogP contribution in [0.1, 0.15) is 39.5 Å². The van der Waals surface area contributed by atoms with Crippen molar-refractivity contribution in [3.8, 4) is 12.1 Å². The maximum Gasteiger partial charge on any atom is 0.338 e. The second-order valence-corrected chi connectivity index (χ2v) is 3.43. The van der Waals surface area contributed by atoms with Gasteiger partial charge in [-0.15, -0.1) is 0 Å². The molecule has 0 spiro atoms. The van der Waals surface area contributed by atoms with E-state index in [-0.39, 0.29) is 6.10 Å². The molecule has 0 saturated carbocycles. The van der Waals surface area contributed by atoms with Crippen LogP contribution in [0, 0.1) is 28.6 Å². The molecule has 0 radical (unpaired) electrons. The van der Waals surface area contributed by atoms with Gasteiger partial charge in [0.1, 0.15) is 0 Å². The van der Waals surface area contributed by atoms with Crippen LogP contribution < -0.4 is 0 Å². The topological polar surface area (TPSA) is 73.9 Å². The summed E-state index contributed by atoms with van der Waals surface area (Å²) in [5, 5.41) is 16.9. The molecule has 1 unspecified atom stereocenters. The van der Waals surface area contributed by atoms with E-state index in [4.69, 9.17) is 15.3 Å². The van der Waals surface area contributed by atoms with E-state index in [1.54, 1.807) is 19.1 Å². The third-order valence-electron chi connectivity index (χ3n) is 2.03. The minimum absolute atomic E-state index is 0.215. The number of nitrogens with zero attached hydrogens (tertiary/aromatic N) is 2. The molecule has 0 amide bonds. The molecule has 15 heavy (non-hydrogen) atoms. The van der Waals surface area contributed by atoms with Crippen molar-refractivity contribution in [3.05, 3.63) is 0 Å². The van der Waals surface area contributed by atoms with Gasteiger partial charge in [-0.25, -0.2) is 4.79 Å². The molecular formula is C11H16N2O2. The summed E-state index contributed by atoms with van der Waals surface area (Å²) in [6.45, 7) is 3.87. The third kappa shape index (κ3) is 5.70. The summed E-state index contributed by atoms with van der Waals surface area (Å²) < 4.78 is 4.96. The first-order valence-electron chi connectivity index (χ1n) is 5.15. The van der Waals surface area contributed by atoms with Crippen molar-refractivity contribution < 1.29 is 9.53 Å². The van der Waals surface area contributed by atoms with Crippen LogP contribution in [-0.4, -0.2) is 12.1 Å². The number of nitriles is 2. The maximum absolute atomic E-state index is 11.2. The predicted octanol–water partition coefficient (Wildman–Crippen LogP) is 2.16. The van der Waals surface area contributed by atoms with E-state index in [9.17, 15) is 4.79 Å². The molecule has 0 N–H and O–H groups in total. The van der Waals surface area contributed by atoms with Crippen LogP contribution in [0.15, 0.2) is 0 Å². The van der Waals surface area contributed by atoms with Crippen LogP contribution in [0.5, 0.6) is 0 Å². The Bertz CT molecular complexity index is 261. The Hall–Kier alpha value is -1.55. The smallest absolute Gasteiger partial charge is 0.338 e. The van der Waals surface area contributed by atoms with Gasteiger partial charge >= 0.3 is 5.97 Å². The zero-order chi connectivity index (χ0) is 11.7. The average Bonchev–Trinajstić information content (AvgIpc) is 2.20. The quantitative estimate of drug-likeness (QED) is 0.495. The Balaban J connectivity index is 3.87. The van der Waals surface area contributed by atoms with Gasteiger partial charge in [-0.05, 0) is 19.8 Å². The summed E-state index contributed by atoms with van der Waals surface area (Å²) in [6.07, 6.45) is 3.77. The first-order chi connectivity index (χ1) is 7.15. The molecule has 0 bridgehead atoms. The van der Waals surface area contributed by atoms with Crippen LogP contribution in [0.3, 0.4) is 0 Å². The lowest BCUT2D eigenvalue weighted by Crippen LogP contribution is -2.20. The minimum atomic E-state index is -1.29. The van der Waals surface area contributed by atoms with Gasteiger partial charge in [0.15, 0.2) is 0 Å². The molecule has 0 fully saturated rings. The van der Waals surface area contributed by atoms with Crippen molar-refractivity contribution >= 4 is 5.97 Å². The molecule has 0 rings (SSSR count). The summed E-state index contributed by atoms with van der Waals surface area (Å²) in [4.78, 5) is 11.2. The molecule has 4 heteroatoms. The van der Waals surface area contributed by atoms with Crippen molar-refractivity contribution in [1.29, 1.82) is 10.5 Å². The van der Waals surface area contributed by atoms with Gasteiger partial charge in [-0.2, -0.15) is 10.5 Å². The van der Waals surface area contributed by atoms with Gasteiger partial charge in [0.05, 0.1) is 18.2 Å². The standard InChI is InChI=1S/C11H16N2O2/c1-3-4-5-6-9(2)15-11(14)10(7-12)8-13/h9-10H,3-6H2,1-2H3. The normalized spacial score (nSPS) is 11.5. The number of hydrogen-bond donors (Lipinski definition) is 0. The van der Waals surface area contributed by atoms with Crippen molar-refractivity contribution in [2.24, 2.45) is 5.92 Å². The Morgan fingerprint density at radius 3 is 2.40 bits per heavy atom. The Kier molecular flexibility index (Phi) is 7.01. The van der Waals surface area contributed by atoms with E-state index in [2.05, 4.69) is 6.92 Å². The highest BCUT2D eigenvalue weighted by atomic mass is 16.5. The molecular weight excluding hydrogens is 192 g/mol. The number of carbonyl (C=O) groups is 1. The monoisotopic (exact) mass is 208 g/mol. The maximum atomic E-state index is 11.2. The van der Waals surface area contributed by atoms with Gasteiger partial charge < -0.3 is 4.74 Å². The van der Waals surface area contributed by atoms with E-state index >= 15 is 0 Å². The number of esters is 1. The largest absolute Gasteiger partial charge is 0.461 e. The fourth-order valence-corrected chi connectivity index (χ4v) is 1.14. The summed E-state index contributed by atoms with van der Waals surface area (Å²) in [6, 6.07) is 3.18. The summed E-state index contributed by atoms with van der Waals surface area (Å²) in [5.41, 5.74) is 0. The molecule has 0 aromatic heterocycles. The molecule has 0 heterocycles. The van der Waals surface area contributed by atoms with Gasteiger partial charge in [-0.1, -0.05) is 19.8 Å². The van der Waals surface area contributed by atoms with E-state index < -0.39 is 11.9 Å². The highest BCUT2D eigenvalue weighted by Gasteiger charge is 2.20. The lowest BCUT2D eigenvalue weighted by atomic mass is 10.1. The number of hydrogen-bond acceptors (Lipinski definition) is 4. The van der Waals surface area contributed by atoms with Crippen LogP contribution in [0.2, 0.25) is 0 Å². The molecule has 0 saturated heterocycles. The van der Waals surface area contributed by atoms with Crippen molar-refractivity contribution in [2.75, 3.05) is 0 Å². The first kappa shape index (κ1) is 13.4. The average molecular weight is 208 g/mol. The van der Waals surface area contributed by atoms with E-state index in [1.807, 2.05) is 0 Å². The molecule has 0 aliphatic heterocycles. The first-order valence-corrected chi connectivity index (χ1v) is 5.15. The zero-order valence-electron chi connectivity index (χ0n) is 9.19. The van der Waals surface area contributed by atoms with Crippen LogP contribution >= 0.6 is 0 Å². The van der Waals surface area contributed by atoms with Gasteiger partial charge in [0.2, 0.25) is 5.92 Å². The SMILES string of the molecule is CCCCCC(C)OC(=O)C(C#N)C#N. The fraction of sp³-hybridized carbons (Fsp3) is 0.727. The molecule has 82 valence electrons. The summed E-state index contributed by atoms with van der Waals surface area (Å²) >= 11 is 0. The molecule has 0 aromatic rings.